The number of aryl methyl sites for hydroxylation is 1. The van der Waals surface area contributed by atoms with E-state index in [0.717, 1.165) is 5.76 Å². The van der Waals surface area contributed by atoms with Crippen LogP contribution in [0.2, 0.25) is 0 Å². The van der Waals surface area contributed by atoms with Crippen LogP contribution in [0.3, 0.4) is 0 Å². The molecule has 0 spiro atoms. The number of hydrazine groups is 1. The molecule has 0 saturated carbocycles. The number of hydrogen-bond acceptors (Lipinski definition) is 3. The predicted molar refractivity (Wildman–Crippen MR) is 90.9 cm³/mol. The molecule has 1 N–H and O–H groups in total. The van der Waals surface area contributed by atoms with Gasteiger partial charge in [-0.15, -0.1) is 5.43 Å². The first kappa shape index (κ1) is 15.6. The van der Waals surface area contributed by atoms with Crippen LogP contribution in [0, 0.1) is 6.92 Å². The molecule has 0 fully saturated rings. The van der Waals surface area contributed by atoms with Crippen LogP contribution in [0.4, 0.5) is 5.88 Å². The van der Waals surface area contributed by atoms with Crippen LogP contribution in [0.5, 0.6) is 11.5 Å². The van der Waals surface area contributed by atoms with Crippen LogP contribution >= 0.6 is 0 Å². The Morgan fingerprint density at radius 2 is 1.75 bits per heavy atom. The molecule has 0 bridgehead atoms. The largest absolute Gasteiger partial charge is 0.457 e. The smallest absolute Gasteiger partial charge is 0.401 e. The minimum atomic E-state index is -0.342. The number of rotatable bonds is 5. The second-order valence-corrected chi connectivity index (χ2v) is 5.16. The van der Waals surface area contributed by atoms with E-state index in [2.05, 4.69) is 12.1 Å². The summed E-state index contributed by atoms with van der Waals surface area (Å²) in [5.74, 6) is 1.96. The normalized spacial score (nSPS) is 10.2. The van der Waals surface area contributed by atoms with Crippen molar-refractivity contribution < 1.29 is 18.6 Å². The number of hydrogen-bond donors (Lipinski definition) is 1. The van der Waals surface area contributed by atoms with Crippen LogP contribution in [-0.2, 0) is 0 Å². The molecule has 1 heterocycles. The van der Waals surface area contributed by atoms with Gasteiger partial charge in [-0.05, 0) is 41.9 Å². The van der Waals surface area contributed by atoms with Gasteiger partial charge in [0.2, 0.25) is 0 Å². The molecule has 3 rings (SSSR count). The highest BCUT2D eigenvalue weighted by atomic mass is 16.5. The summed E-state index contributed by atoms with van der Waals surface area (Å²) < 4.78 is 12.5. The van der Waals surface area contributed by atoms with Gasteiger partial charge in [-0.3, -0.25) is 4.79 Å². The number of hydrazone groups is 1. The van der Waals surface area contributed by atoms with Crippen LogP contribution in [0.1, 0.15) is 16.1 Å². The zero-order valence-electron chi connectivity index (χ0n) is 13.2. The average Bonchev–Trinajstić information content (AvgIpc) is 3.03. The van der Waals surface area contributed by atoms with E-state index >= 15 is 0 Å². The topological polar surface area (TPSA) is 54.5 Å². The number of benzene rings is 2. The number of carbonyl (C=O) groups excluding carboxylic acids is 1. The molecule has 1 aromatic heterocycles. The first-order chi connectivity index (χ1) is 11.6. The molecule has 3 aromatic rings. The Labute approximate surface area is 139 Å². The molecular formula is C19H17N2O3+. The van der Waals surface area contributed by atoms with E-state index < -0.39 is 0 Å². The summed E-state index contributed by atoms with van der Waals surface area (Å²) in [6.45, 7) is 5.59. The molecule has 0 radical (unpaired) electrons. The summed E-state index contributed by atoms with van der Waals surface area (Å²) in [5.41, 5.74) is 3.06. The molecule has 120 valence electrons. The van der Waals surface area contributed by atoms with Crippen LogP contribution in [0.25, 0.3) is 0 Å². The van der Waals surface area contributed by atoms with Gasteiger partial charge in [0, 0.05) is 0 Å². The molecule has 0 saturated heterocycles. The fraction of sp³-hybridized carbons (Fsp3) is 0.0526. The van der Waals surface area contributed by atoms with E-state index in [1.807, 2.05) is 43.3 Å². The SMILES string of the molecule is C=[N+](NC(=O)c1ccccc1Oc1ccccc1)c1ccc(C)o1. The first-order valence-electron chi connectivity index (χ1n) is 7.43. The molecule has 24 heavy (non-hydrogen) atoms. The highest BCUT2D eigenvalue weighted by Crippen LogP contribution is 2.25. The van der Waals surface area contributed by atoms with Crippen LogP contribution < -0.4 is 10.2 Å². The Balaban J connectivity index is 1.79. The summed E-state index contributed by atoms with van der Waals surface area (Å²) in [6, 6.07) is 19.8. The molecule has 0 atom stereocenters. The third-order valence-electron chi connectivity index (χ3n) is 3.33. The minimum Gasteiger partial charge on any atom is -0.457 e. The number of ether oxygens (including phenoxy) is 1. The van der Waals surface area contributed by atoms with E-state index in [1.54, 1.807) is 30.3 Å². The quantitative estimate of drug-likeness (QED) is 0.438. The van der Waals surface area contributed by atoms with E-state index in [4.69, 9.17) is 9.15 Å². The zero-order chi connectivity index (χ0) is 16.9. The van der Waals surface area contributed by atoms with Gasteiger partial charge >= 0.3 is 11.8 Å². The maximum absolute atomic E-state index is 12.5. The lowest BCUT2D eigenvalue weighted by molar-refractivity contribution is -0.494. The standard InChI is InChI=1S/C19H16N2O3/c1-14-12-13-18(23-14)21(2)20-19(22)16-10-6-7-11-17(16)24-15-8-4-3-5-9-15/h3-13H,2H2,1H3/p+1. The van der Waals surface area contributed by atoms with Gasteiger partial charge in [-0.2, -0.15) is 0 Å². The second kappa shape index (κ2) is 6.83. The van der Waals surface area contributed by atoms with Crippen LogP contribution in [-0.4, -0.2) is 17.3 Å². The van der Waals surface area contributed by atoms with Gasteiger partial charge < -0.3 is 9.15 Å². The van der Waals surface area contributed by atoms with Gasteiger partial charge in [0.1, 0.15) is 17.3 Å². The molecule has 2 aromatic carbocycles. The Kier molecular flexibility index (Phi) is 4.43. The minimum absolute atomic E-state index is 0.342. The van der Waals surface area contributed by atoms with Gasteiger partial charge in [-0.1, -0.05) is 30.3 Å². The highest BCUT2D eigenvalue weighted by molar-refractivity contribution is 5.96. The van der Waals surface area contributed by atoms with Crippen molar-refractivity contribution in [3.63, 3.8) is 0 Å². The van der Waals surface area contributed by atoms with Crippen molar-refractivity contribution >= 4 is 18.5 Å². The summed E-state index contributed by atoms with van der Waals surface area (Å²) in [5, 5.41) is 0. The van der Waals surface area contributed by atoms with Gasteiger partial charge in [0.15, 0.2) is 6.72 Å². The lowest BCUT2D eigenvalue weighted by atomic mass is 10.2. The maximum atomic E-state index is 12.5. The van der Waals surface area contributed by atoms with E-state index in [-0.39, 0.29) is 5.91 Å². The lowest BCUT2D eigenvalue weighted by Crippen LogP contribution is -2.30. The Hall–Kier alpha value is -3.34. The van der Waals surface area contributed by atoms with Crippen molar-refractivity contribution in [3.8, 4) is 11.5 Å². The number of amides is 1. The lowest BCUT2D eigenvalue weighted by Gasteiger charge is -2.09. The number of para-hydroxylation sites is 2. The van der Waals surface area contributed by atoms with Crippen molar-refractivity contribution in [2.75, 3.05) is 0 Å². The van der Waals surface area contributed by atoms with Crippen molar-refractivity contribution in [1.82, 2.24) is 5.43 Å². The molecule has 0 aliphatic carbocycles. The van der Waals surface area contributed by atoms with Crippen molar-refractivity contribution in [1.29, 1.82) is 0 Å². The van der Waals surface area contributed by atoms with E-state index in [1.165, 1.54) is 4.68 Å². The molecule has 0 aliphatic heterocycles. The monoisotopic (exact) mass is 321 g/mol. The molecule has 0 aliphatic rings. The van der Waals surface area contributed by atoms with Crippen molar-refractivity contribution in [3.05, 3.63) is 78.1 Å². The third kappa shape index (κ3) is 3.52. The van der Waals surface area contributed by atoms with Crippen molar-refractivity contribution in [2.45, 2.75) is 6.92 Å². The average molecular weight is 321 g/mol. The maximum Gasteiger partial charge on any atom is 0.401 e. The fourth-order valence-electron chi connectivity index (χ4n) is 2.16. The van der Waals surface area contributed by atoms with Gasteiger partial charge in [0.05, 0.1) is 11.6 Å². The highest BCUT2D eigenvalue weighted by Gasteiger charge is 2.19. The fourth-order valence-corrected chi connectivity index (χ4v) is 2.16. The van der Waals surface area contributed by atoms with Crippen molar-refractivity contribution in [2.24, 2.45) is 0 Å². The Morgan fingerprint density at radius 1 is 1.04 bits per heavy atom. The third-order valence-corrected chi connectivity index (χ3v) is 3.33. The first-order valence-corrected chi connectivity index (χ1v) is 7.43. The number of carbonyl (C=O) groups is 1. The molecular weight excluding hydrogens is 304 g/mol. The summed E-state index contributed by atoms with van der Waals surface area (Å²) in [7, 11) is 0. The molecule has 0 unspecified atom stereocenters. The van der Waals surface area contributed by atoms with E-state index in [0.29, 0.717) is 22.9 Å². The van der Waals surface area contributed by atoms with Crippen LogP contribution in [0.15, 0.2) is 71.1 Å². The van der Waals surface area contributed by atoms with E-state index in [9.17, 15) is 4.79 Å². The molecule has 5 nitrogen and oxygen atoms in total. The number of nitrogens with one attached hydrogen (secondary N) is 1. The summed E-state index contributed by atoms with van der Waals surface area (Å²) >= 11 is 0. The summed E-state index contributed by atoms with van der Waals surface area (Å²) in [4.78, 5) is 12.5. The Bertz CT molecular complexity index is 869. The van der Waals surface area contributed by atoms with Gasteiger partial charge in [-0.25, -0.2) is 0 Å². The van der Waals surface area contributed by atoms with Gasteiger partial charge in [0.25, 0.3) is 0 Å². The second-order valence-electron chi connectivity index (χ2n) is 5.16. The Morgan fingerprint density at radius 3 is 2.46 bits per heavy atom. The molecule has 5 heteroatoms. The number of furan rings is 1. The summed E-state index contributed by atoms with van der Waals surface area (Å²) in [6.07, 6.45) is 0. The predicted octanol–water partition coefficient (Wildman–Crippen LogP) is 4.07. The number of nitrogens with zero attached hydrogens (tertiary/aromatic N) is 1. The molecule has 1 amide bonds. The zero-order valence-corrected chi connectivity index (χ0v) is 13.2.